The second kappa shape index (κ2) is 5.73. The molecular formula is C14H10ClF3O2. The highest BCUT2D eigenvalue weighted by Gasteiger charge is 2.21. The van der Waals surface area contributed by atoms with E-state index in [0.717, 1.165) is 0 Å². The van der Waals surface area contributed by atoms with Crippen LogP contribution >= 0.6 is 11.6 Å². The molecule has 6 heteroatoms. The van der Waals surface area contributed by atoms with Gasteiger partial charge in [-0.3, -0.25) is 0 Å². The van der Waals surface area contributed by atoms with Gasteiger partial charge in [-0.25, -0.2) is 13.2 Å². The largest absolute Gasteiger partial charge is 0.496 e. The van der Waals surface area contributed by atoms with Crippen molar-refractivity contribution in [3.63, 3.8) is 0 Å². The molecule has 0 radical (unpaired) electrons. The lowest BCUT2D eigenvalue weighted by Crippen LogP contribution is -2.06. The van der Waals surface area contributed by atoms with Crippen molar-refractivity contribution in [2.45, 2.75) is 6.10 Å². The maximum Gasteiger partial charge on any atom is 0.161 e. The number of hydrogen-bond donors (Lipinski definition) is 1. The molecule has 0 fully saturated rings. The molecule has 2 aromatic rings. The number of aliphatic hydroxyl groups excluding tert-OH is 1. The van der Waals surface area contributed by atoms with E-state index in [1.54, 1.807) is 0 Å². The monoisotopic (exact) mass is 302 g/mol. The molecule has 0 aliphatic heterocycles. The zero-order chi connectivity index (χ0) is 14.9. The summed E-state index contributed by atoms with van der Waals surface area (Å²) >= 11 is 5.78. The van der Waals surface area contributed by atoms with Crippen LogP contribution in [0.4, 0.5) is 13.2 Å². The summed E-state index contributed by atoms with van der Waals surface area (Å²) in [5.74, 6) is -3.39. The fourth-order valence-corrected chi connectivity index (χ4v) is 1.99. The second-order valence-corrected chi connectivity index (χ2v) is 4.51. The topological polar surface area (TPSA) is 29.5 Å². The second-order valence-electron chi connectivity index (χ2n) is 4.08. The SMILES string of the molecule is COc1cc(Cl)ccc1C(O)c1cc(F)c(F)cc1F. The van der Waals surface area contributed by atoms with Crippen LogP contribution in [0.1, 0.15) is 17.2 Å². The minimum Gasteiger partial charge on any atom is -0.496 e. The molecule has 0 aromatic heterocycles. The van der Waals surface area contributed by atoms with E-state index in [4.69, 9.17) is 16.3 Å². The van der Waals surface area contributed by atoms with Gasteiger partial charge in [-0.1, -0.05) is 17.7 Å². The number of halogens is 4. The lowest BCUT2D eigenvalue weighted by molar-refractivity contribution is 0.208. The Labute approximate surface area is 118 Å². The average molecular weight is 303 g/mol. The van der Waals surface area contributed by atoms with E-state index in [1.807, 2.05) is 0 Å². The summed E-state index contributed by atoms with van der Waals surface area (Å²) in [6.45, 7) is 0. The Balaban J connectivity index is 2.51. The predicted octanol–water partition coefficient (Wildman–Crippen LogP) is 3.85. The van der Waals surface area contributed by atoms with E-state index >= 15 is 0 Å². The van der Waals surface area contributed by atoms with Crippen LogP contribution in [0.15, 0.2) is 30.3 Å². The smallest absolute Gasteiger partial charge is 0.161 e. The highest BCUT2D eigenvalue weighted by molar-refractivity contribution is 6.30. The van der Waals surface area contributed by atoms with Gasteiger partial charge in [0.25, 0.3) is 0 Å². The molecule has 2 rings (SSSR count). The molecular weight excluding hydrogens is 293 g/mol. The summed E-state index contributed by atoms with van der Waals surface area (Å²) in [5.41, 5.74) is -0.189. The molecule has 0 spiro atoms. The molecule has 2 nitrogen and oxygen atoms in total. The minimum atomic E-state index is -1.50. The van der Waals surface area contributed by atoms with Crippen LogP contribution in [0.25, 0.3) is 0 Å². The molecule has 1 atom stereocenters. The molecule has 0 bridgehead atoms. The van der Waals surface area contributed by atoms with Crippen molar-refractivity contribution in [3.05, 3.63) is 63.9 Å². The van der Waals surface area contributed by atoms with Crippen LogP contribution in [0.3, 0.4) is 0 Å². The number of ether oxygens (including phenoxy) is 1. The van der Waals surface area contributed by atoms with Crippen LogP contribution in [0.5, 0.6) is 5.75 Å². The van der Waals surface area contributed by atoms with Gasteiger partial charge in [0.1, 0.15) is 17.7 Å². The van der Waals surface area contributed by atoms with E-state index in [2.05, 4.69) is 0 Å². The summed E-state index contributed by atoms with van der Waals surface area (Å²) in [6, 6.07) is 5.32. The normalized spacial score (nSPS) is 12.3. The van der Waals surface area contributed by atoms with Gasteiger partial charge in [0.2, 0.25) is 0 Å². The third-order valence-electron chi connectivity index (χ3n) is 2.82. The average Bonchev–Trinajstić information content (AvgIpc) is 2.42. The summed E-state index contributed by atoms with van der Waals surface area (Å²) in [6.07, 6.45) is -1.50. The first kappa shape index (κ1) is 14.7. The Hall–Kier alpha value is -1.72. The summed E-state index contributed by atoms with van der Waals surface area (Å²) in [7, 11) is 1.35. The third-order valence-corrected chi connectivity index (χ3v) is 3.06. The summed E-state index contributed by atoms with van der Waals surface area (Å²) in [5, 5.41) is 10.5. The van der Waals surface area contributed by atoms with Gasteiger partial charge < -0.3 is 9.84 Å². The predicted molar refractivity (Wildman–Crippen MR) is 68.4 cm³/mol. The molecule has 1 unspecified atom stereocenters. The lowest BCUT2D eigenvalue weighted by atomic mass is 10.00. The number of benzene rings is 2. The van der Waals surface area contributed by atoms with Crippen LogP contribution in [0.2, 0.25) is 5.02 Å². The minimum absolute atomic E-state index is 0.196. The van der Waals surface area contributed by atoms with Crippen molar-refractivity contribution in [1.82, 2.24) is 0 Å². The van der Waals surface area contributed by atoms with Gasteiger partial charge in [-0.2, -0.15) is 0 Å². The fourth-order valence-electron chi connectivity index (χ4n) is 1.83. The Bertz CT molecular complexity index is 647. The van der Waals surface area contributed by atoms with Crippen molar-refractivity contribution in [3.8, 4) is 5.75 Å². The van der Waals surface area contributed by atoms with Gasteiger partial charge in [0.15, 0.2) is 11.6 Å². The Morgan fingerprint density at radius 1 is 1.00 bits per heavy atom. The van der Waals surface area contributed by atoms with Crippen molar-refractivity contribution >= 4 is 11.6 Å². The van der Waals surface area contributed by atoms with E-state index in [0.29, 0.717) is 17.2 Å². The zero-order valence-corrected chi connectivity index (χ0v) is 11.1. The van der Waals surface area contributed by atoms with Crippen molar-refractivity contribution in [2.24, 2.45) is 0 Å². The standard InChI is InChI=1S/C14H10ClF3O2/c1-20-13-4-7(15)2-3-8(13)14(19)9-5-11(17)12(18)6-10(9)16/h2-6,14,19H,1H3. The number of rotatable bonds is 3. The van der Waals surface area contributed by atoms with Crippen molar-refractivity contribution in [2.75, 3.05) is 7.11 Å². The first-order valence-electron chi connectivity index (χ1n) is 5.60. The van der Waals surface area contributed by atoms with Gasteiger partial charge in [0.05, 0.1) is 7.11 Å². The third kappa shape index (κ3) is 2.73. The van der Waals surface area contributed by atoms with Crippen LogP contribution in [-0.4, -0.2) is 12.2 Å². The fraction of sp³-hybridized carbons (Fsp3) is 0.143. The number of hydrogen-bond acceptors (Lipinski definition) is 2. The van der Waals surface area contributed by atoms with E-state index < -0.39 is 23.6 Å². The molecule has 0 aliphatic rings. The Morgan fingerprint density at radius 3 is 2.30 bits per heavy atom. The highest BCUT2D eigenvalue weighted by Crippen LogP contribution is 2.33. The molecule has 1 N–H and O–H groups in total. The van der Waals surface area contributed by atoms with Crippen molar-refractivity contribution in [1.29, 1.82) is 0 Å². The number of methoxy groups -OCH3 is 1. The van der Waals surface area contributed by atoms with Gasteiger partial charge in [-0.15, -0.1) is 0 Å². The van der Waals surface area contributed by atoms with Crippen LogP contribution in [-0.2, 0) is 0 Å². The van der Waals surface area contributed by atoms with E-state index in [9.17, 15) is 18.3 Å². The Kier molecular flexibility index (Phi) is 4.20. The summed E-state index contributed by atoms with van der Waals surface area (Å²) in [4.78, 5) is 0. The maximum atomic E-state index is 13.6. The molecule has 20 heavy (non-hydrogen) atoms. The van der Waals surface area contributed by atoms with Gasteiger partial charge in [-0.05, 0) is 18.2 Å². The molecule has 0 saturated heterocycles. The highest BCUT2D eigenvalue weighted by atomic mass is 35.5. The summed E-state index contributed by atoms with van der Waals surface area (Å²) < 4.78 is 44.7. The number of aliphatic hydroxyl groups is 1. The Morgan fingerprint density at radius 2 is 1.65 bits per heavy atom. The molecule has 2 aromatic carbocycles. The molecule has 0 saturated carbocycles. The quantitative estimate of drug-likeness (QED) is 0.873. The van der Waals surface area contributed by atoms with Crippen molar-refractivity contribution < 1.29 is 23.0 Å². The first-order chi connectivity index (χ1) is 9.43. The lowest BCUT2D eigenvalue weighted by Gasteiger charge is -2.16. The molecule has 106 valence electrons. The van der Waals surface area contributed by atoms with Crippen LogP contribution in [0, 0.1) is 17.5 Å². The van der Waals surface area contributed by atoms with Gasteiger partial charge >= 0.3 is 0 Å². The maximum absolute atomic E-state index is 13.6. The van der Waals surface area contributed by atoms with Gasteiger partial charge in [0, 0.05) is 22.2 Å². The molecule has 0 heterocycles. The zero-order valence-electron chi connectivity index (χ0n) is 10.3. The van der Waals surface area contributed by atoms with Crippen LogP contribution < -0.4 is 4.74 Å². The molecule has 0 amide bonds. The van der Waals surface area contributed by atoms with E-state index in [1.165, 1.54) is 25.3 Å². The first-order valence-corrected chi connectivity index (χ1v) is 5.97. The molecule has 0 aliphatic carbocycles. The van der Waals surface area contributed by atoms with E-state index in [-0.39, 0.29) is 16.9 Å².